The van der Waals surface area contributed by atoms with E-state index in [4.69, 9.17) is 10.00 Å². The molecule has 0 N–H and O–H groups in total. The van der Waals surface area contributed by atoms with Gasteiger partial charge in [0.05, 0.1) is 27.8 Å². The zero-order valence-electron chi connectivity index (χ0n) is 14.8. The van der Waals surface area contributed by atoms with Crippen LogP contribution in [0.5, 0.6) is 0 Å². The van der Waals surface area contributed by atoms with Crippen molar-refractivity contribution in [2.45, 2.75) is 25.9 Å². The van der Waals surface area contributed by atoms with Crippen LogP contribution in [0.2, 0.25) is 0 Å². The van der Waals surface area contributed by atoms with Crippen LogP contribution in [-0.4, -0.2) is 24.0 Å². The Morgan fingerprint density at radius 2 is 1.96 bits per heavy atom. The first kappa shape index (κ1) is 18.4. The van der Waals surface area contributed by atoms with Crippen molar-refractivity contribution in [1.29, 1.82) is 5.26 Å². The summed E-state index contributed by atoms with van der Waals surface area (Å²) in [5.41, 5.74) is 1.88. The molecule has 1 fully saturated rings. The molecule has 0 saturated carbocycles. The molecule has 0 bridgehead atoms. The summed E-state index contributed by atoms with van der Waals surface area (Å²) in [6.45, 7) is 1.61. The second kappa shape index (κ2) is 8.32. The molecular formula is C20H19N3O4. The summed E-state index contributed by atoms with van der Waals surface area (Å²) in [5, 5.41) is 20.1. The number of carbonyl (C=O) groups is 1. The van der Waals surface area contributed by atoms with Gasteiger partial charge < -0.3 is 9.64 Å². The third kappa shape index (κ3) is 4.42. The molecule has 0 unspecified atom stereocenters. The number of hydrogen-bond donors (Lipinski definition) is 0. The molecule has 1 aliphatic heterocycles. The van der Waals surface area contributed by atoms with Gasteiger partial charge in [-0.15, -0.1) is 0 Å². The lowest BCUT2D eigenvalue weighted by Crippen LogP contribution is -2.31. The van der Waals surface area contributed by atoms with Crippen molar-refractivity contribution in [3.8, 4) is 6.07 Å². The van der Waals surface area contributed by atoms with Gasteiger partial charge in [-0.25, -0.2) is 4.79 Å². The Hall–Kier alpha value is -3.40. The normalized spacial score (nSPS) is 13.7. The monoisotopic (exact) mass is 365 g/mol. The largest absolute Gasteiger partial charge is 0.457 e. The lowest BCUT2D eigenvalue weighted by molar-refractivity contribution is -0.384. The van der Waals surface area contributed by atoms with Gasteiger partial charge >= 0.3 is 5.97 Å². The van der Waals surface area contributed by atoms with Crippen LogP contribution in [0.4, 0.5) is 11.4 Å². The molecule has 7 nitrogen and oxygen atoms in total. The molecule has 0 spiro atoms. The van der Waals surface area contributed by atoms with Crippen molar-refractivity contribution < 1.29 is 14.5 Å². The van der Waals surface area contributed by atoms with E-state index < -0.39 is 10.9 Å². The predicted octanol–water partition coefficient (Wildman–Crippen LogP) is 3.81. The lowest BCUT2D eigenvalue weighted by Gasteiger charge is -2.30. The van der Waals surface area contributed by atoms with Crippen molar-refractivity contribution in [1.82, 2.24) is 0 Å². The number of nitrogens with zero attached hydrogens (tertiary/aromatic N) is 3. The Morgan fingerprint density at radius 3 is 2.67 bits per heavy atom. The molecule has 0 aromatic heterocycles. The van der Waals surface area contributed by atoms with Crippen LogP contribution >= 0.6 is 0 Å². The first-order valence-corrected chi connectivity index (χ1v) is 8.78. The van der Waals surface area contributed by atoms with Gasteiger partial charge in [0, 0.05) is 25.2 Å². The number of carbonyl (C=O) groups excluding carboxylic acids is 1. The van der Waals surface area contributed by atoms with Crippen molar-refractivity contribution >= 4 is 17.3 Å². The number of anilines is 1. The van der Waals surface area contributed by atoms with Gasteiger partial charge in [0.15, 0.2) is 0 Å². The van der Waals surface area contributed by atoms with Gasteiger partial charge in [-0.3, -0.25) is 10.1 Å². The Balaban J connectivity index is 1.83. The fourth-order valence-corrected chi connectivity index (χ4v) is 3.17. The third-order valence-electron chi connectivity index (χ3n) is 4.53. The second-order valence-corrected chi connectivity index (χ2v) is 6.39. The average Bonchev–Trinajstić information content (AvgIpc) is 2.72. The predicted molar refractivity (Wildman–Crippen MR) is 99.4 cm³/mol. The molecule has 0 amide bonds. The Morgan fingerprint density at radius 1 is 1.19 bits per heavy atom. The minimum absolute atomic E-state index is 0.00349. The zero-order chi connectivity index (χ0) is 19.2. The number of nitriles is 1. The van der Waals surface area contributed by atoms with Crippen molar-refractivity contribution in [3.05, 3.63) is 69.3 Å². The Bertz CT molecular complexity index is 898. The summed E-state index contributed by atoms with van der Waals surface area (Å²) in [6.07, 6.45) is 3.18. The molecular weight excluding hydrogens is 346 g/mol. The molecule has 1 aliphatic rings. The summed E-state index contributed by atoms with van der Waals surface area (Å²) in [5.74, 6) is -0.610. The number of ether oxygens (including phenoxy) is 1. The van der Waals surface area contributed by atoms with E-state index in [1.807, 2.05) is 6.07 Å². The fraction of sp³-hybridized carbons (Fsp3) is 0.300. The van der Waals surface area contributed by atoms with Crippen molar-refractivity contribution in [2.24, 2.45) is 0 Å². The highest BCUT2D eigenvalue weighted by Crippen LogP contribution is 2.29. The van der Waals surface area contributed by atoms with Gasteiger partial charge in [0.25, 0.3) is 5.69 Å². The van der Waals surface area contributed by atoms with E-state index in [9.17, 15) is 14.9 Å². The third-order valence-corrected chi connectivity index (χ3v) is 4.53. The molecule has 1 heterocycles. The summed E-state index contributed by atoms with van der Waals surface area (Å²) in [7, 11) is 0. The van der Waals surface area contributed by atoms with Gasteiger partial charge in [0.1, 0.15) is 6.61 Å². The summed E-state index contributed by atoms with van der Waals surface area (Å²) in [6, 6.07) is 13.1. The number of non-ortho nitro benzene ring substituents is 1. The van der Waals surface area contributed by atoms with Crippen LogP contribution in [0.15, 0.2) is 42.5 Å². The molecule has 0 radical (unpaired) electrons. The summed E-state index contributed by atoms with van der Waals surface area (Å²) < 4.78 is 5.38. The van der Waals surface area contributed by atoms with Crippen LogP contribution in [0.1, 0.15) is 40.7 Å². The van der Waals surface area contributed by atoms with E-state index in [2.05, 4.69) is 4.90 Å². The first-order chi connectivity index (χ1) is 13.1. The SMILES string of the molecule is N#Cc1cccc(COC(=O)c2cc([N+](=O)[O-])ccc2N2CCCCC2)c1. The number of piperidine rings is 1. The van der Waals surface area contributed by atoms with Crippen LogP contribution in [0.3, 0.4) is 0 Å². The zero-order valence-corrected chi connectivity index (χ0v) is 14.8. The van der Waals surface area contributed by atoms with E-state index in [1.54, 1.807) is 30.3 Å². The van der Waals surface area contributed by atoms with Crippen LogP contribution in [-0.2, 0) is 11.3 Å². The number of rotatable bonds is 5. The molecule has 2 aromatic rings. The molecule has 7 heteroatoms. The number of esters is 1. The van der Waals surface area contributed by atoms with E-state index in [-0.39, 0.29) is 17.9 Å². The molecule has 0 aliphatic carbocycles. The molecule has 27 heavy (non-hydrogen) atoms. The number of nitro benzene ring substituents is 1. The van der Waals surface area contributed by atoms with Crippen molar-refractivity contribution in [2.75, 3.05) is 18.0 Å². The molecule has 3 rings (SSSR count). The van der Waals surface area contributed by atoms with Crippen molar-refractivity contribution in [3.63, 3.8) is 0 Å². The van der Waals surface area contributed by atoms with E-state index in [0.29, 0.717) is 16.8 Å². The minimum atomic E-state index is -0.610. The Labute approximate surface area is 156 Å². The minimum Gasteiger partial charge on any atom is -0.457 e. The molecule has 1 saturated heterocycles. The lowest BCUT2D eigenvalue weighted by atomic mass is 10.1. The fourth-order valence-electron chi connectivity index (χ4n) is 3.17. The first-order valence-electron chi connectivity index (χ1n) is 8.78. The number of hydrogen-bond acceptors (Lipinski definition) is 6. The topological polar surface area (TPSA) is 96.5 Å². The highest BCUT2D eigenvalue weighted by Gasteiger charge is 2.23. The molecule has 2 aromatic carbocycles. The van der Waals surface area contributed by atoms with Gasteiger partial charge in [-0.05, 0) is 43.0 Å². The van der Waals surface area contributed by atoms with Gasteiger partial charge in [-0.2, -0.15) is 5.26 Å². The van der Waals surface area contributed by atoms with Crippen LogP contribution in [0, 0.1) is 21.4 Å². The standard InChI is InChI=1S/C20H19N3O4/c21-13-15-5-4-6-16(11-15)14-27-20(24)18-12-17(23(25)26)7-8-19(18)22-9-2-1-3-10-22/h4-8,11-12H,1-3,9-10,14H2. The Kier molecular flexibility index (Phi) is 5.67. The smallest absolute Gasteiger partial charge is 0.340 e. The quantitative estimate of drug-likeness (QED) is 0.454. The highest BCUT2D eigenvalue weighted by atomic mass is 16.6. The molecule has 138 valence electrons. The average molecular weight is 365 g/mol. The highest BCUT2D eigenvalue weighted by molar-refractivity contribution is 5.96. The summed E-state index contributed by atoms with van der Waals surface area (Å²) >= 11 is 0. The molecule has 0 atom stereocenters. The number of nitro groups is 1. The second-order valence-electron chi connectivity index (χ2n) is 6.39. The van der Waals surface area contributed by atoms with Gasteiger partial charge in [-0.1, -0.05) is 12.1 Å². The van der Waals surface area contributed by atoms with E-state index in [0.717, 1.165) is 32.4 Å². The van der Waals surface area contributed by atoms with Crippen LogP contribution < -0.4 is 4.90 Å². The van der Waals surface area contributed by atoms with E-state index in [1.165, 1.54) is 12.1 Å². The maximum Gasteiger partial charge on any atom is 0.340 e. The maximum atomic E-state index is 12.7. The van der Waals surface area contributed by atoms with Gasteiger partial charge in [0.2, 0.25) is 0 Å². The number of benzene rings is 2. The van der Waals surface area contributed by atoms with Crippen LogP contribution in [0.25, 0.3) is 0 Å². The van der Waals surface area contributed by atoms with E-state index >= 15 is 0 Å². The summed E-state index contributed by atoms with van der Waals surface area (Å²) in [4.78, 5) is 25.3. The maximum absolute atomic E-state index is 12.7.